The van der Waals surface area contributed by atoms with Gasteiger partial charge in [0.15, 0.2) is 0 Å². The number of aryl methyl sites for hydroxylation is 2. The number of nitrogens with two attached hydrogens (primary N) is 1. The molecule has 0 aliphatic heterocycles. The van der Waals surface area contributed by atoms with E-state index in [9.17, 15) is 0 Å². The van der Waals surface area contributed by atoms with Crippen LogP contribution in [0.4, 0.5) is 11.6 Å². The molecule has 2 aromatic heterocycles. The molecule has 6 nitrogen and oxygen atoms in total. The smallest absolute Gasteiger partial charge is 0.223 e. The van der Waals surface area contributed by atoms with Crippen LogP contribution < -0.4 is 15.8 Å². The Kier molecular flexibility index (Phi) is 4.79. The van der Waals surface area contributed by atoms with E-state index in [1.807, 2.05) is 44.2 Å². The first-order chi connectivity index (χ1) is 13.1. The van der Waals surface area contributed by atoms with Gasteiger partial charge in [-0.05, 0) is 63.8 Å². The summed E-state index contributed by atoms with van der Waals surface area (Å²) in [5.41, 5.74) is 9.74. The number of ether oxygens (including phenoxy) is 1. The highest BCUT2D eigenvalue weighted by Crippen LogP contribution is 2.33. The molecule has 6 heteroatoms. The van der Waals surface area contributed by atoms with Gasteiger partial charge in [-0.1, -0.05) is 6.07 Å². The highest BCUT2D eigenvalue weighted by molar-refractivity contribution is 5.95. The number of aromatic nitrogens is 3. The minimum absolute atomic E-state index is 0.188. The van der Waals surface area contributed by atoms with Gasteiger partial charge in [0.1, 0.15) is 5.75 Å². The van der Waals surface area contributed by atoms with Crippen molar-refractivity contribution in [3.8, 4) is 5.75 Å². The normalized spacial score (nSPS) is 19.8. The van der Waals surface area contributed by atoms with Crippen LogP contribution >= 0.6 is 0 Å². The number of nitrogen functional groups attached to an aromatic ring is 1. The Balaban J connectivity index is 1.42. The molecule has 0 bridgehead atoms. The van der Waals surface area contributed by atoms with Crippen molar-refractivity contribution < 1.29 is 4.74 Å². The molecule has 1 fully saturated rings. The maximum Gasteiger partial charge on any atom is 0.223 e. The summed E-state index contributed by atoms with van der Waals surface area (Å²) in [6, 6.07) is 10.1. The van der Waals surface area contributed by atoms with Crippen LogP contribution in [0.15, 0.2) is 36.5 Å². The minimum atomic E-state index is 0.188. The highest BCUT2D eigenvalue weighted by Gasteiger charge is 2.23. The standard InChI is InChI=1S/C21H25N5O/c1-13-10-11-23-21(25-13)26-15-6-8-16(9-7-15)27-19-5-3-4-18-20(19)17(22)12-14(2)24-18/h3-5,10-12,15-16H,6-9H2,1-2H3,(H2,22,24)(H,23,25,26). The number of benzene rings is 1. The first-order valence-corrected chi connectivity index (χ1v) is 9.47. The Hall–Kier alpha value is -2.89. The summed E-state index contributed by atoms with van der Waals surface area (Å²) in [6.45, 7) is 3.93. The second-order valence-electron chi connectivity index (χ2n) is 7.26. The van der Waals surface area contributed by atoms with E-state index in [0.717, 1.165) is 59.4 Å². The fraction of sp³-hybridized carbons (Fsp3) is 0.381. The predicted octanol–water partition coefficient (Wildman–Crippen LogP) is 4.03. The van der Waals surface area contributed by atoms with Crippen LogP contribution in [0.5, 0.6) is 5.75 Å². The zero-order valence-corrected chi connectivity index (χ0v) is 15.8. The van der Waals surface area contributed by atoms with Crippen molar-refractivity contribution in [2.75, 3.05) is 11.1 Å². The fourth-order valence-electron chi connectivity index (χ4n) is 3.73. The van der Waals surface area contributed by atoms with Crippen LogP contribution in [0.1, 0.15) is 37.1 Å². The van der Waals surface area contributed by atoms with E-state index < -0.39 is 0 Å². The second kappa shape index (κ2) is 7.39. The molecule has 1 saturated carbocycles. The second-order valence-corrected chi connectivity index (χ2v) is 7.26. The van der Waals surface area contributed by atoms with E-state index in [-0.39, 0.29) is 6.10 Å². The summed E-state index contributed by atoms with van der Waals surface area (Å²) in [5, 5.41) is 4.36. The summed E-state index contributed by atoms with van der Waals surface area (Å²) < 4.78 is 6.33. The number of rotatable bonds is 4. The van der Waals surface area contributed by atoms with Crippen LogP contribution in [0.2, 0.25) is 0 Å². The molecule has 2 heterocycles. The minimum Gasteiger partial charge on any atom is -0.490 e. The molecule has 0 atom stereocenters. The summed E-state index contributed by atoms with van der Waals surface area (Å²) in [6.07, 6.45) is 6.00. The Morgan fingerprint density at radius 2 is 1.85 bits per heavy atom. The number of hydrogen-bond donors (Lipinski definition) is 2. The number of nitrogens with zero attached hydrogens (tertiary/aromatic N) is 3. The van der Waals surface area contributed by atoms with Crippen molar-refractivity contribution in [2.45, 2.75) is 51.7 Å². The topological polar surface area (TPSA) is 86.0 Å². The number of nitrogens with one attached hydrogen (secondary N) is 1. The van der Waals surface area contributed by atoms with Crippen molar-refractivity contribution in [3.05, 3.63) is 47.9 Å². The lowest BCUT2D eigenvalue weighted by molar-refractivity contribution is 0.152. The molecule has 1 aliphatic rings. The number of fused-ring (bicyclic) bond motifs is 1. The number of anilines is 2. The molecule has 3 N–H and O–H groups in total. The van der Waals surface area contributed by atoms with Crippen LogP contribution in [0.3, 0.4) is 0 Å². The molecule has 0 spiro atoms. The average Bonchev–Trinajstić information content (AvgIpc) is 2.63. The van der Waals surface area contributed by atoms with Crippen molar-refractivity contribution in [1.82, 2.24) is 15.0 Å². The summed E-state index contributed by atoms with van der Waals surface area (Å²) >= 11 is 0. The van der Waals surface area contributed by atoms with Crippen LogP contribution in [-0.2, 0) is 0 Å². The lowest BCUT2D eigenvalue weighted by Gasteiger charge is -2.30. The SMILES string of the molecule is Cc1ccnc(NC2CCC(Oc3cccc4nc(C)cc(N)c34)CC2)n1. The highest BCUT2D eigenvalue weighted by atomic mass is 16.5. The van der Waals surface area contributed by atoms with Crippen LogP contribution in [0.25, 0.3) is 10.9 Å². The molecule has 0 amide bonds. The Morgan fingerprint density at radius 1 is 1.04 bits per heavy atom. The van der Waals surface area contributed by atoms with E-state index in [1.165, 1.54) is 0 Å². The Labute approximate surface area is 159 Å². The molecule has 3 aromatic rings. The third-order valence-corrected chi connectivity index (χ3v) is 5.05. The summed E-state index contributed by atoms with van der Waals surface area (Å²) in [4.78, 5) is 13.3. The van der Waals surface area contributed by atoms with E-state index >= 15 is 0 Å². The van der Waals surface area contributed by atoms with Gasteiger partial charge in [-0.25, -0.2) is 9.97 Å². The molecule has 0 radical (unpaired) electrons. The molecule has 1 aromatic carbocycles. The molecule has 1 aliphatic carbocycles. The zero-order chi connectivity index (χ0) is 18.8. The van der Waals surface area contributed by atoms with Gasteiger partial charge in [0, 0.05) is 29.3 Å². The van der Waals surface area contributed by atoms with Crippen molar-refractivity contribution in [3.63, 3.8) is 0 Å². The Bertz CT molecular complexity index is 950. The van der Waals surface area contributed by atoms with E-state index in [2.05, 4.69) is 20.3 Å². The first-order valence-electron chi connectivity index (χ1n) is 9.47. The molecular formula is C21H25N5O. The molecule has 4 rings (SSSR count). The van der Waals surface area contributed by atoms with Crippen molar-refractivity contribution in [2.24, 2.45) is 0 Å². The van der Waals surface area contributed by atoms with Gasteiger partial charge >= 0.3 is 0 Å². The molecule has 27 heavy (non-hydrogen) atoms. The summed E-state index contributed by atoms with van der Waals surface area (Å²) in [5.74, 6) is 1.54. The first kappa shape index (κ1) is 17.5. The van der Waals surface area contributed by atoms with Gasteiger partial charge in [0.05, 0.1) is 17.0 Å². The average molecular weight is 363 g/mol. The predicted molar refractivity (Wildman–Crippen MR) is 108 cm³/mol. The quantitative estimate of drug-likeness (QED) is 0.728. The molecule has 140 valence electrons. The Morgan fingerprint density at radius 3 is 2.63 bits per heavy atom. The van der Waals surface area contributed by atoms with E-state index in [1.54, 1.807) is 6.20 Å². The van der Waals surface area contributed by atoms with E-state index in [4.69, 9.17) is 10.5 Å². The third kappa shape index (κ3) is 3.94. The zero-order valence-electron chi connectivity index (χ0n) is 15.8. The van der Waals surface area contributed by atoms with Gasteiger partial charge in [0.2, 0.25) is 5.95 Å². The number of hydrogen-bond acceptors (Lipinski definition) is 6. The molecule has 0 unspecified atom stereocenters. The van der Waals surface area contributed by atoms with Gasteiger partial charge in [-0.2, -0.15) is 0 Å². The van der Waals surface area contributed by atoms with Gasteiger partial charge in [-0.3, -0.25) is 4.98 Å². The maximum absolute atomic E-state index is 6.33. The lowest BCUT2D eigenvalue weighted by atomic mass is 9.93. The fourth-order valence-corrected chi connectivity index (χ4v) is 3.73. The monoisotopic (exact) mass is 363 g/mol. The van der Waals surface area contributed by atoms with Gasteiger partial charge in [-0.15, -0.1) is 0 Å². The third-order valence-electron chi connectivity index (χ3n) is 5.05. The van der Waals surface area contributed by atoms with Crippen LogP contribution in [-0.4, -0.2) is 27.1 Å². The molecule has 0 saturated heterocycles. The molecular weight excluding hydrogens is 338 g/mol. The van der Waals surface area contributed by atoms with Crippen LogP contribution in [0, 0.1) is 13.8 Å². The largest absolute Gasteiger partial charge is 0.490 e. The van der Waals surface area contributed by atoms with Gasteiger partial charge < -0.3 is 15.8 Å². The van der Waals surface area contributed by atoms with Crippen molar-refractivity contribution in [1.29, 1.82) is 0 Å². The van der Waals surface area contributed by atoms with Crippen molar-refractivity contribution >= 4 is 22.5 Å². The van der Waals surface area contributed by atoms with E-state index in [0.29, 0.717) is 12.0 Å². The summed E-state index contributed by atoms with van der Waals surface area (Å²) in [7, 11) is 0. The lowest BCUT2D eigenvalue weighted by Crippen LogP contribution is -2.31. The number of pyridine rings is 1. The maximum atomic E-state index is 6.33. The van der Waals surface area contributed by atoms with Gasteiger partial charge in [0.25, 0.3) is 0 Å².